The van der Waals surface area contributed by atoms with E-state index in [0.717, 1.165) is 0 Å². The second-order valence-electron chi connectivity index (χ2n) is 2.44. The van der Waals surface area contributed by atoms with Gasteiger partial charge >= 0.3 is 0 Å². The van der Waals surface area contributed by atoms with Gasteiger partial charge < -0.3 is 14.2 Å². The number of benzene rings is 1. The molecule has 0 N–H and O–H groups in total. The topological polar surface area (TPSA) is 27.7 Å². The van der Waals surface area contributed by atoms with Crippen LogP contribution in [0.4, 0.5) is 4.39 Å². The summed E-state index contributed by atoms with van der Waals surface area (Å²) < 4.78 is 28.6. The third kappa shape index (κ3) is 2.36. The molecule has 1 aromatic carbocycles. The molecular weight excluding hydrogens is 255 g/mol. The van der Waals surface area contributed by atoms with Gasteiger partial charge in [-0.05, 0) is 28.1 Å². The van der Waals surface area contributed by atoms with Gasteiger partial charge in [0.2, 0.25) is 5.82 Å². The number of rotatable bonds is 4. The average molecular weight is 265 g/mol. The first kappa shape index (κ1) is 11.3. The van der Waals surface area contributed by atoms with E-state index in [2.05, 4.69) is 20.7 Å². The summed E-state index contributed by atoms with van der Waals surface area (Å²) in [5.74, 6) is -0.315. The summed E-state index contributed by atoms with van der Waals surface area (Å²) >= 11 is 3.16. The van der Waals surface area contributed by atoms with Crippen molar-refractivity contribution in [1.29, 1.82) is 0 Å². The zero-order chi connectivity index (χ0) is 10.6. The number of halogens is 2. The van der Waals surface area contributed by atoms with Crippen LogP contribution < -0.4 is 9.47 Å². The van der Waals surface area contributed by atoms with Gasteiger partial charge in [0.1, 0.15) is 0 Å². The van der Waals surface area contributed by atoms with Crippen LogP contribution >= 0.6 is 15.9 Å². The Labute approximate surface area is 89.9 Å². The van der Waals surface area contributed by atoms with E-state index < -0.39 is 5.82 Å². The molecule has 0 saturated carbocycles. The molecule has 0 unspecified atom stereocenters. The van der Waals surface area contributed by atoms with Crippen LogP contribution in [0, 0.1) is 5.82 Å². The maximum atomic E-state index is 13.5. The summed E-state index contributed by atoms with van der Waals surface area (Å²) in [6.45, 7) is -0.0112. The standard InChI is InChI=1S/C9H10BrFO3/c1-12-5-14-9-6(10)3-4-7(13-2)8(9)11/h3-4H,5H2,1-2H3. The fourth-order valence-electron chi connectivity index (χ4n) is 0.922. The molecule has 0 spiro atoms. The summed E-state index contributed by atoms with van der Waals surface area (Å²) in [6, 6.07) is 3.16. The first-order valence-corrected chi connectivity index (χ1v) is 4.63. The SMILES string of the molecule is COCOc1c(Br)ccc(OC)c1F. The van der Waals surface area contributed by atoms with E-state index in [9.17, 15) is 4.39 Å². The van der Waals surface area contributed by atoms with E-state index in [1.165, 1.54) is 20.3 Å². The molecule has 0 atom stereocenters. The van der Waals surface area contributed by atoms with Crippen LogP contribution in [0.1, 0.15) is 0 Å². The molecular formula is C9H10BrFO3. The Hall–Kier alpha value is -0.810. The van der Waals surface area contributed by atoms with Crippen molar-refractivity contribution < 1.29 is 18.6 Å². The highest BCUT2D eigenvalue weighted by Crippen LogP contribution is 2.33. The van der Waals surface area contributed by atoms with Gasteiger partial charge in [0.25, 0.3) is 0 Å². The van der Waals surface area contributed by atoms with Gasteiger partial charge in [-0.3, -0.25) is 0 Å². The first-order chi connectivity index (χ1) is 6.70. The van der Waals surface area contributed by atoms with Crippen LogP contribution in [0.2, 0.25) is 0 Å². The molecule has 0 saturated heterocycles. The van der Waals surface area contributed by atoms with E-state index >= 15 is 0 Å². The Morgan fingerprint density at radius 2 is 2.07 bits per heavy atom. The lowest BCUT2D eigenvalue weighted by Crippen LogP contribution is -2.02. The Bertz CT molecular complexity index is 317. The largest absolute Gasteiger partial charge is 0.494 e. The van der Waals surface area contributed by atoms with Crippen molar-refractivity contribution in [1.82, 2.24) is 0 Å². The van der Waals surface area contributed by atoms with Crippen LogP contribution in [0.15, 0.2) is 16.6 Å². The monoisotopic (exact) mass is 264 g/mol. The molecule has 3 nitrogen and oxygen atoms in total. The van der Waals surface area contributed by atoms with Gasteiger partial charge in [-0.25, -0.2) is 0 Å². The number of methoxy groups -OCH3 is 2. The molecule has 1 rings (SSSR count). The molecule has 0 aliphatic heterocycles. The lowest BCUT2D eigenvalue weighted by atomic mass is 10.3. The molecule has 0 aliphatic rings. The maximum absolute atomic E-state index is 13.5. The Morgan fingerprint density at radius 3 is 2.64 bits per heavy atom. The summed E-state index contributed by atoms with van der Waals surface area (Å²) in [5.41, 5.74) is 0. The van der Waals surface area contributed by atoms with Crippen molar-refractivity contribution in [2.45, 2.75) is 0 Å². The van der Waals surface area contributed by atoms with Crippen molar-refractivity contribution in [3.05, 3.63) is 22.4 Å². The smallest absolute Gasteiger partial charge is 0.208 e. The highest BCUT2D eigenvalue weighted by molar-refractivity contribution is 9.10. The molecule has 0 aliphatic carbocycles. The van der Waals surface area contributed by atoms with Crippen LogP contribution in [0.25, 0.3) is 0 Å². The second-order valence-corrected chi connectivity index (χ2v) is 3.30. The lowest BCUT2D eigenvalue weighted by Gasteiger charge is -2.10. The minimum atomic E-state index is -0.543. The van der Waals surface area contributed by atoms with Crippen molar-refractivity contribution >= 4 is 15.9 Å². The van der Waals surface area contributed by atoms with Gasteiger partial charge in [-0.1, -0.05) is 0 Å². The van der Waals surface area contributed by atoms with E-state index in [1.807, 2.05) is 0 Å². The quantitative estimate of drug-likeness (QED) is 0.783. The molecule has 5 heteroatoms. The van der Waals surface area contributed by atoms with Gasteiger partial charge in [-0.2, -0.15) is 4.39 Å². The highest BCUT2D eigenvalue weighted by Gasteiger charge is 2.13. The third-order valence-electron chi connectivity index (χ3n) is 1.55. The Balaban J connectivity index is 2.99. The summed E-state index contributed by atoms with van der Waals surface area (Å²) in [7, 11) is 2.86. The van der Waals surface area contributed by atoms with Gasteiger partial charge in [0.05, 0.1) is 11.6 Å². The minimum absolute atomic E-state index is 0.0112. The second kappa shape index (κ2) is 5.17. The van der Waals surface area contributed by atoms with Crippen molar-refractivity contribution in [3.8, 4) is 11.5 Å². The third-order valence-corrected chi connectivity index (χ3v) is 2.18. The molecule has 0 fully saturated rings. The fraction of sp³-hybridized carbons (Fsp3) is 0.333. The first-order valence-electron chi connectivity index (χ1n) is 3.84. The van der Waals surface area contributed by atoms with Crippen molar-refractivity contribution in [3.63, 3.8) is 0 Å². The van der Waals surface area contributed by atoms with Crippen molar-refractivity contribution in [2.24, 2.45) is 0 Å². The van der Waals surface area contributed by atoms with E-state index in [1.54, 1.807) is 6.07 Å². The number of hydrogen-bond acceptors (Lipinski definition) is 3. The summed E-state index contributed by atoms with van der Waals surface area (Å²) in [4.78, 5) is 0. The molecule has 0 aromatic heterocycles. The molecule has 0 heterocycles. The van der Waals surface area contributed by atoms with E-state index in [4.69, 9.17) is 9.47 Å². The highest BCUT2D eigenvalue weighted by atomic mass is 79.9. The predicted molar refractivity (Wildman–Crippen MR) is 53.2 cm³/mol. The van der Waals surface area contributed by atoms with Crippen LogP contribution in [0.3, 0.4) is 0 Å². The average Bonchev–Trinajstić information content (AvgIpc) is 2.18. The Morgan fingerprint density at radius 1 is 1.36 bits per heavy atom. The van der Waals surface area contributed by atoms with Crippen LogP contribution in [-0.2, 0) is 4.74 Å². The van der Waals surface area contributed by atoms with E-state index in [-0.39, 0.29) is 18.3 Å². The van der Waals surface area contributed by atoms with Crippen LogP contribution in [0.5, 0.6) is 11.5 Å². The number of ether oxygens (including phenoxy) is 3. The molecule has 14 heavy (non-hydrogen) atoms. The van der Waals surface area contributed by atoms with Crippen LogP contribution in [-0.4, -0.2) is 21.0 Å². The minimum Gasteiger partial charge on any atom is -0.494 e. The summed E-state index contributed by atoms with van der Waals surface area (Å²) in [6.07, 6.45) is 0. The van der Waals surface area contributed by atoms with Gasteiger partial charge in [0, 0.05) is 7.11 Å². The molecule has 0 radical (unpaired) electrons. The zero-order valence-electron chi connectivity index (χ0n) is 7.84. The Kier molecular flexibility index (Phi) is 4.16. The fourth-order valence-corrected chi connectivity index (χ4v) is 1.34. The van der Waals surface area contributed by atoms with E-state index in [0.29, 0.717) is 4.47 Å². The number of hydrogen-bond donors (Lipinski definition) is 0. The molecule has 0 amide bonds. The van der Waals surface area contributed by atoms with Crippen molar-refractivity contribution in [2.75, 3.05) is 21.0 Å². The normalized spacial score (nSPS) is 10.0. The zero-order valence-corrected chi connectivity index (χ0v) is 9.43. The molecule has 0 bridgehead atoms. The molecule has 1 aromatic rings. The predicted octanol–water partition coefficient (Wildman–Crippen LogP) is 2.58. The molecule has 78 valence electrons. The van der Waals surface area contributed by atoms with Gasteiger partial charge in [-0.15, -0.1) is 0 Å². The lowest BCUT2D eigenvalue weighted by molar-refractivity contribution is 0.0473. The summed E-state index contributed by atoms with van der Waals surface area (Å²) in [5, 5.41) is 0. The van der Waals surface area contributed by atoms with Gasteiger partial charge in [0.15, 0.2) is 18.3 Å². The maximum Gasteiger partial charge on any atom is 0.208 e.